The fraction of sp³-hybridized carbons (Fsp3) is 0.965. The smallest absolute Gasteiger partial charge is 0.309 e. The summed E-state index contributed by atoms with van der Waals surface area (Å²) in [5, 5.41) is 55.0. The number of unbranched alkanes of at least 4 members (excludes halogenated alkanes) is 28. The average molecular weight is 969 g/mol. The third kappa shape index (κ3) is 28.0. The summed E-state index contributed by atoms with van der Waals surface area (Å²) in [7, 11) is 0. The first kappa shape index (κ1) is 62.8. The molecular formula is C57H108O11. The van der Waals surface area contributed by atoms with Gasteiger partial charge in [0.1, 0.15) is 43.7 Å². The summed E-state index contributed by atoms with van der Waals surface area (Å²) in [6.07, 6.45) is 30.1. The second-order valence-corrected chi connectivity index (χ2v) is 21.2. The van der Waals surface area contributed by atoms with Crippen LogP contribution in [0, 0.1) is 11.8 Å². The molecule has 0 spiro atoms. The number of aliphatic hydroxyl groups excluding tert-OH is 5. The van der Waals surface area contributed by atoms with Gasteiger partial charge in [0.2, 0.25) is 0 Å². The van der Waals surface area contributed by atoms with Gasteiger partial charge >= 0.3 is 11.9 Å². The fourth-order valence-corrected chi connectivity index (χ4v) is 10.4. The standard InChI is InChI=1S/C57H108O11/c1-5-9-13-17-21-25-29-33-37-45(38-34-30-26-22-18-14-10-6-2)56(63)65-43-47-41-48(58)52(59)49(67-47)42-50-53(60)55(62)54(61)51(68-50)44-66-57(64)46(39-35-31-27-23-19-15-11-7-3)40-36-32-28-24-20-16-12-8-4/h45-55,58-62H,5-44H2,1-4H3/t47?,48?,49-,50-,51?,52?,53?,54-,55?/m1/s1. The van der Waals surface area contributed by atoms with Crippen LogP contribution >= 0.6 is 0 Å². The highest BCUT2D eigenvalue weighted by molar-refractivity contribution is 5.72. The van der Waals surface area contributed by atoms with E-state index in [1.54, 1.807) is 0 Å². The lowest BCUT2D eigenvalue weighted by atomic mass is 9.88. The normalized spacial score (nSPS) is 24.2. The van der Waals surface area contributed by atoms with Gasteiger partial charge in [-0.15, -0.1) is 0 Å². The number of carbonyl (C=O) groups excluding carboxylic acids is 2. The van der Waals surface area contributed by atoms with Gasteiger partial charge in [0.05, 0.1) is 36.3 Å². The number of aliphatic hydroxyl groups is 5. The Hall–Kier alpha value is -1.34. The lowest BCUT2D eigenvalue weighted by Gasteiger charge is -2.44. The van der Waals surface area contributed by atoms with E-state index < -0.39 is 54.9 Å². The molecule has 0 saturated carbocycles. The average Bonchev–Trinajstić information content (AvgIpc) is 3.33. The molecule has 2 rings (SSSR count). The zero-order valence-electron chi connectivity index (χ0n) is 44.3. The number of esters is 2. The molecule has 6 unspecified atom stereocenters. The Bertz CT molecular complexity index is 1150. The third-order valence-corrected chi connectivity index (χ3v) is 15.0. The predicted molar refractivity (Wildman–Crippen MR) is 274 cm³/mol. The number of hydrogen-bond donors (Lipinski definition) is 5. The van der Waals surface area contributed by atoms with E-state index in [-0.39, 0.29) is 49.8 Å². The van der Waals surface area contributed by atoms with Crippen molar-refractivity contribution in [3.05, 3.63) is 0 Å². The molecule has 9 atom stereocenters. The monoisotopic (exact) mass is 969 g/mol. The van der Waals surface area contributed by atoms with E-state index in [2.05, 4.69) is 27.7 Å². The van der Waals surface area contributed by atoms with E-state index in [1.807, 2.05) is 0 Å². The Morgan fingerprint density at radius 1 is 0.397 bits per heavy atom. The summed E-state index contributed by atoms with van der Waals surface area (Å²) in [4.78, 5) is 27.2. The zero-order chi connectivity index (χ0) is 49.6. The lowest BCUT2D eigenvalue weighted by molar-refractivity contribution is -0.250. The fourth-order valence-electron chi connectivity index (χ4n) is 10.4. The molecule has 0 radical (unpaired) electrons. The molecule has 402 valence electrons. The molecule has 2 saturated heterocycles. The number of carbonyl (C=O) groups is 2. The van der Waals surface area contributed by atoms with Gasteiger partial charge in [-0.1, -0.05) is 233 Å². The van der Waals surface area contributed by atoms with Crippen LogP contribution < -0.4 is 0 Å². The Morgan fingerprint density at radius 2 is 0.706 bits per heavy atom. The van der Waals surface area contributed by atoms with E-state index in [4.69, 9.17) is 18.9 Å². The van der Waals surface area contributed by atoms with Gasteiger partial charge in [-0.3, -0.25) is 9.59 Å². The first-order valence-corrected chi connectivity index (χ1v) is 29.1. The number of rotatable bonds is 44. The molecule has 0 bridgehead atoms. The van der Waals surface area contributed by atoms with Crippen LogP contribution in [0.4, 0.5) is 0 Å². The summed E-state index contributed by atoms with van der Waals surface area (Å²) in [5.74, 6) is -1.02. The summed E-state index contributed by atoms with van der Waals surface area (Å²) in [6.45, 7) is 8.55. The molecule has 0 aromatic heterocycles. The molecule has 0 aliphatic carbocycles. The van der Waals surface area contributed by atoms with Crippen LogP contribution in [0.2, 0.25) is 0 Å². The molecule has 5 N–H and O–H groups in total. The van der Waals surface area contributed by atoms with E-state index in [0.717, 1.165) is 89.9 Å². The van der Waals surface area contributed by atoms with Gasteiger partial charge in [-0.2, -0.15) is 0 Å². The Balaban J connectivity index is 1.97. The van der Waals surface area contributed by atoms with Crippen LogP contribution in [0.15, 0.2) is 0 Å². The van der Waals surface area contributed by atoms with Crippen molar-refractivity contribution in [3.63, 3.8) is 0 Å². The lowest BCUT2D eigenvalue weighted by Crippen LogP contribution is -2.60. The zero-order valence-corrected chi connectivity index (χ0v) is 44.3. The topological polar surface area (TPSA) is 172 Å². The largest absolute Gasteiger partial charge is 0.463 e. The van der Waals surface area contributed by atoms with E-state index >= 15 is 0 Å². The first-order valence-electron chi connectivity index (χ1n) is 29.1. The number of hydrogen-bond acceptors (Lipinski definition) is 11. The van der Waals surface area contributed by atoms with Crippen molar-refractivity contribution in [1.82, 2.24) is 0 Å². The number of ether oxygens (including phenoxy) is 4. The van der Waals surface area contributed by atoms with Crippen molar-refractivity contribution < 1.29 is 54.1 Å². The molecule has 0 aromatic rings. The quantitative estimate of drug-likeness (QED) is 0.0291. The summed E-state index contributed by atoms with van der Waals surface area (Å²) in [6, 6.07) is 0. The van der Waals surface area contributed by atoms with Gasteiger partial charge in [-0.25, -0.2) is 0 Å². The van der Waals surface area contributed by atoms with E-state index in [0.29, 0.717) is 0 Å². The molecule has 11 heteroatoms. The van der Waals surface area contributed by atoms with Crippen LogP contribution in [0.25, 0.3) is 0 Å². The second kappa shape index (κ2) is 41.2. The van der Waals surface area contributed by atoms with Gasteiger partial charge in [0.25, 0.3) is 0 Å². The minimum absolute atomic E-state index is 0.0682. The molecule has 2 aliphatic heterocycles. The maximum absolute atomic E-state index is 13.6. The molecule has 0 aromatic carbocycles. The highest BCUT2D eigenvalue weighted by Crippen LogP contribution is 2.31. The highest BCUT2D eigenvalue weighted by atomic mass is 16.6. The van der Waals surface area contributed by atoms with Gasteiger partial charge in [0.15, 0.2) is 0 Å². The predicted octanol–water partition coefficient (Wildman–Crippen LogP) is 12.5. The van der Waals surface area contributed by atoms with Crippen molar-refractivity contribution in [2.45, 2.75) is 327 Å². The van der Waals surface area contributed by atoms with Crippen molar-refractivity contribution in [3.8, 4) is 0 Å². The van der Waals surface area contributed by atoms with E-state index in [9.17, 15) is 35.1 Å². The highest BCUT2D eigenvalue weighted by Gasteiger charge is 2.47. The van der Waals surface area contributed by atoms with Crippen LogP contribution in [-0.4, -0.2) is 106 Å². The molecule has 68 heavy (non-hydrogen) atoms. The Morgan fingerprint density at radius 3 is 1.07 bits per heavy atom. The van der Waals surface area contributed by atoms with Gasteiger partial charge in [0, 0.05) is 12.8 Å². The molecule has 2 fully saturated rings. The summed E-state index contributed by atoms with van der Waals surface area (Å²) >= 11 is 0. The van der Waals surface area contributed by atoms with Crippen LogP contribution in [0.1, 0.15) is 272 Å². The van der Waals surface area contributed by atoms with Crippen molar-refractivity contribution in [1.29, 1.82) is 0 Å². The van der Waals surface area contributed by atoms with Crippen LogP contribution in [0.3, 0.4) is 0 Å². The summed E-state index contributed by atoms with van der Waals surface area (Å²) < 4.78 is 24.1. The SMILES string of the molecule is CCCCCCCCCCC(CCCCCCCCCC)C(=O)OCC1CC(O)C(O)[C@@H](C[C@H]2OC(COC(=O)C(CCCCCCCCCC)CCCCCCCCCC)[C@@H](O)C(O)C2O)O1. The van der Waals surface area contributed by atoms with Crippen LogP contribution in [0.5, 0.6) is 0 Å². The minimum Gasteiger partial charge on any atom is -0.463 e. The Labute approximate surface area is 416 Å². The van der Waals surface area contributed by atoms with Crippen LogP contribution in [-0.2, 0) is 28.5 Å². The second-order valence-electron chi connectivity index (χ2n) is 21.2. The maximum Gasteiger partial charge on any atom is 0.309 e. The molecule has 11 nitrogen and oxygen atoms in total. The molecular weight excluding hydrogens is 861 g/mol. The van der Waals surface area contributed by atoms with Gasteiger partial charge < -0.3 is 44.5 Å². The summed E-state index contributed by atoms with van der Waals surface area (Å²) in [5.41, 5.74) is 0. The first-order chi connectivity index (χ1) is 33.1. The van der Waals surface area contributed by atoms with Crippen molar-refractivity contribution in [2.75, 3.05) is 13.2 Å². The minimum atomic E-state index is -1.59. The van der Waals surface area contributed by atoms with Gasteiger partial charge in [-0.05, 0) is 25.7 Å². The molecule has 0 amide bonds. The molecule has 2 aliphatic rings. The molecule has 2 heterocycles. The van der Waals surface area contributed by atoms with Crippen molar-refractivity contribution >= 4 is 11.9 Å². The van der Waals surface area contributed by atoms with E-state index in [1.165, 1.54) is 141 Å². The maximum atomic E-state index is 13.6. The Kier molecular flexibility index (Phi) is 38.0. The third-order valence-electron chi connectivity index (χ3n) is 15.0. The van der Waals surface area contributed by atoms with Crippen molar-refractivity contribution in [2.24, 2.45) is 11.8 Å².